The van der Waals surface area contributed by atoms with E-state index in [4.69, 9.17) is 9.47 Å². The highest BCUT2D eigenvalue weighted by Gasteiger charge is 2.19. The van der Waals surface area contributed by atoms with Gasteiger partial charge in [-0.1, -0.05) is 6.07 Å². The van der Waals surface area contributed by atoms with Gasteiger partial charge in [0.1, 0.15) is 5.69 Å². The van der Waals surface area contributed by atoms with Gasteiger partial charge in [-0.15, -0.1) is 0 Å². The quantitative estimate of drug-likeness (QED) is 0.650. The molecular formula is C15H14F2N2O4. The number of nitro groups is 1. The number of nitrogens with zero attached hydrogens (tertiary/aromatic N) is 1. The maximum absolute atomic E-state index is 13.6. The fraction of sp³-hybridized carbons (Fsp3) is 0.200. The maximum Gasteiger partial charge on any atom is 0.295 e. The van der Waals surface area contributed by atoms with Crippen LogP contribution in [0.3, 0.4) is 0 Å². The molecule has 0 amide bonds. The van der Waals surface area contributed by atoms with Crippen molar-refractivity contribution in [2.45, 2.75) is 6.54 Å². The number of ether oxygens (including phenoxy) is 2. The van der Waals surface area contributed by atoms with Gasteiger partial charge in [-0.2, -0.15) is 0 Å². The summed E-state index contributed by atoms with van der Waals surface area (Å²) in [6.07, 6.45) is 0. The minimum absolute atomic E-state index is 0.0736. The maximum atomic E-state index is 13.6. The molecule has 0 bridgehead atoms. The van der Waals surface area contributed by atoms with Crippen LogP contribution in [0.4, 0.5) is 20.2 Å². The number of rotatable bonds is 6. The SMILES string of the molecule is COc1ccc(CNc2cc(OC)c(F)cc2[N+](=O)[O-])cc1F. The summed E-state index contributed by atoms with van der Waals surface area (Å²) < 4.78 is 36.8. The smallest absolute Gasteiger partial charge is 0.295 e. The predicted octanol–water partition coefficient (Wildman–Crippen LogP) is 3.50. The molecule has 0 saturated heterocycles. The van der Waals surface area contributed by atoms with Crippen LogP contribution in [0.2, 0.25) is 0 Å². The van der Waals surface area contributed by atoms with Crippen LogP contribution >= 0.6 is 0 Å². The highest BCUT2D eigenvalue weighted by molar-refractivity contribution is 5.64. The Hall–Kier alpha value is -2.90. The molecule has 2 aromatic carbocycles. The lowest BCUT2D eigenvalue weighted by atomic mass is 10.2. The molecule has 0 fully saturated rings. The number of halogens is 2. The number of hydrogen-bond donors (Lipinski definition) is 1. The Balaban J connectivity index is 2.25. The summed E-state index contributed by atoms with van der Waals surface area (Å²) in [4.78, 5) is 10.3. The first-order chi connectivity index (χ1) is 11.0. The van der Waals surface area contributed by atoms with Gasteiger partial charge in [0.25, 0.3) is 5.69 Å². The monoisotopic (exact) mass is 324 g/mol. The minimum atomic E-state index is -0.833. The zero-order valence-corrected chi connectivity index (χ0v) is 12.4. The highest BCUT2D eigenvalue weighted by atomic mass is 19.1. The van der Waals surface area contributed by atoms with Crippen molar-refractivity contribution in [2.75, 3.05) is 19.5 Å². The van der Waals surface area contributed by atoms with E-state index in [1.807, 2.05) is 0 Å². The van der Waals surface area contributed by atoms with Gasteiger partial charge in [-0.25, -0.2) is 8.78 Å². The Morgan fingerprint density at radius 3 is 2.30 bits per heavy atom. The molecule has 0 unspecified atom stereocenters. The fourth-order valence-electron chi connectivity index (χ4n) is 2.01. The third-order valence-electron chi connectivity index (χ3n) is 3.17. The zero-order chi connectivity index (χ0) is 17.0. The normalized spacial score (nSPS) is 10.3. The molecule has 0 heterocycles. The van der Waals surface area contributed by atoms with Gasteiger partial charge < -0.3 is 14.8 Å². The summed E-state index contributed by atoms with van der Waals surface area (Å²) in [6, 6.07) is 6.27. The molecule has 0 aliphatic heterocycles. The number of nitro benzene ring substituents is 1. The second-order valence-electron chi connectivity index (χ2n) is 4.58. The van der Waals surface area contributed by atoms with Crippen molar-refractivity contribution >= 4 is 11.4 Å². The van der Waals surface area contributed by atoms with Crippen LogP contribution in [0.15, 0.2) is 30.3 Å². The van der Waals surface area contributed by atoms with Gasteiger partial charge in [-0.3, -0.25) is 10.1 Å². The van der Waals surface area contributed by atoms with Crippen LogP contribution in [0.1, 0.15) is 5.56 Å². The van der Waals surface area contributed by atoms with Crippen LogP contribution in [0.25, 0.3) is 0 Å². The Bertz CT molecular complexity index is 738. The van der Waals surface area contributed by atoms with Gasteiger partial charge in [0.2, 0.25) is 0 Å². The second kappa shape index (κ2) is 6.91. The van der Waals surface area contributed by atoms with Crippen molar-refractivity contribution in [1.29, 1.82) is 0 Å². The predicted molar refractivity (Wildman–Crippen MR) is 79.9 cm³/mol. The van der Waals surface area contributed by atoms with E-state index in [0.29, 0.717) is 5.56 Å². The molecule has 1 N–H and O–H groups in total. The molecular weight excluding hydrogens is 310 g/mol. The molecule has 2 aromatic rings. The van der Waals surface area contributed by atoms with Crippen molar-refractivity contribution in [1.82, 2.24) is 0 Å². The zero-order valence-electron chi connectivity index (χ0n) is 12.4. The van der Waals surface area contributed by atoms with Crippen molar-refractivity contribution < 1.29 is 23.2 Å². The average molecular weight is 324 g/mol. The number of hydrogen-bond acceptors (Lipinski definition) is 5. The lowest BCUT2D eigenvalue weighted by Crippen LogP contribution is -2.04. The van der Waals surface area contributed by atoms with Crippen LogP contribution in [0, 0.1) is 21.7 Å². The Morgan fingerprint density at radius 2 is 1.74 bits per heavy atom. The largest absolute Gasteiger partial charge is 0.494 e. The lowest BCUT2D eigenvalue weighted by molar-refractivity contribution is -0.384. The van der Waals surface area contributed by atoms with E-state index in [1.54, 1.807) is 6.07 Å². The van der Waals surface area contributed by atoms with Crippen LogP contribution in [-0.2, 0) is 6.54 Å². The number of nitrogens with one attached hydrogen (secondary N) is 1. The van der Waals surface area contributed by atoms with E-state index in [1.165, 1.54) is 32.4 Å². The molecule has 0 radical (unpaired) electrons. The highest BCUT2D eigenvalue weighted by Crippen LogP contribution is 2.32. The molecule has 2 rings (SSSR count). The molecule has 0 aliphatic rings. The number of benzene rings is 2. The van der Waals surface area contributed by atoms with Crippen molar-refractivity contribution in [3.63, 3.8) is 0 Å². The van der Waals surface area contributed by atoms with Gasteiger partial charge in [-0.05, 0) is 17.7 Å². The van der Waals surface area contributed by atoms with Crippen molar-refractivity contribution in [3.05, 3.63) is 57.6 Å². The summed E-state index contributed by atoms with van der Waals surface area (Å²) in [5.74, 6) is -1.40. The van der Waals surface area contributed by atoms with Gasteiger partial charge in [0.15, 0.2) is 23.1 Å². The first-order valence-electron chi connectivity index (χ1n) is 6.54. The van der Waals surface area contributed by atoms with Crippen molar-refractivity contribution in [3.8, 4) is 11.5 Å². The van der Waals surface area contributed by atoms with Gasteiger partial charge in [0.05, 0.1) is 25.2 Å². The summed E-state index contributed by atoms with van der Waals surface area (Å²) in [5, 5.41) is 13.8. The van der Waals surface area contributed by atoms with E-state index in [9.17, 15) is 18.9 Å². The van der Waals surface area contributed by atoms with E-state index in [-0.39, 0.29) is 23.7 Å². The molecule has 122 valence electrons. The summed E-state index contributed by atoms with van der Waals surface area (Å²) >= 11 is 0. The molecule has 0 atom stereocenters. The molecule has 6 nitrogen and oxygen atoms in total. The minimum Gasteiger partial charge on any atom is -0.494 e. The van der Waals surface area contributed by atoms with Crippen LogP contribution in [0.5, 0.6) is 11.5 Å². The molecule has 0 spiro atoms. The van der Waals surface area contributed by atoms with E-state index >= 15 is 0 Å². The number of methoxy groups -OCH3 is 2. The van der Waals surface area contributed by atoms with Crippen molar-refractivity contribution in [2.24, 2.45) is 0 Å². The van der Waals surface area contributed by atoms with Crippen LogP contribution in [-0.4, -0.2) is 19.1 Å². The lowest BCUT2D eigenvalue weighted by Gasteiger charge is -2.10. The number of anilines is 1. The Morgan fingerprint density at radius 1 is 1.09 bits per heavy atom. The first-order valence-corrected chi connectivity index (χ1v) is 6.54. The van der Waals surface area contributed by atoms with E-state index in [2.05, 4.69) is 5.32 Å². The molecule has 0 aromatic heterocycles. The standard InChI is InChI=1S/C15H14F2N2O4/c1-22-14-4-3-9(5-10(14)16)8-18-12-7-15(23-2)11(17)6-13(12)19(20)21/h3-7,18H,8H2,1-2H3. The second-order valence-corrected chi connectivity index (χ2v) is 4.58. The third kappa shape index (κ3) is 3.65. The van der Waals surface area contributed by atoms with Gasteiger partial charge >= 0.3 is 0 Å². The summed E-state index contributed by atoms with van der Waals surface area (Å²) in [6.45, 7) is 0.108. The Labute approximate surface area is 130 Å². The third-order valence-corrected chi connectivity index (χ3v) is 3.17. The van der Waals surface area contributed by atoms with E-state index < -0.39 is 22.2 Å². The first kappa shape index (κ1) is 16.5. The fourth-order valence-corrected chi connectivity index (χ4v) is 2.01. The summed E-state index contributed by atoms with van der Waals surface area (Å²) in [5.41, 5.74) is 0.183. The molecule has 0 aliphatic carbocycles. The molecule has 8 heteroatoms. The molecule has 0 saturated carbocycles. The van der Waals surface area contributed by atoms with Gasteiger partial charge in [0, 0.05) is 12.6 Å². The average Bonchev–Trinajstić information content (AvgIpc) is 2.53. The topological polar surface area (TPSA) is 73.6 Å². The van der Waals surface area contributed by atoms with Crippen LogP contribution < -0.4 is 14.8 Å². The Kier molecular flexibility index (Phi) is 4.95. The van der Waals surface area contributed by atoms with E-state index in [0.717, 1.165) is 6.07 Å². The summed E-state index contributed by atoms with van der Waals surface area (Å²) in [7, 11) is 2.61. The molecule has 23 heavy (non-hydrogen) atoms.